The number of rotatable bonds is 7. The van der Waals surface area contributed by atoms with Crippen LogP contribution in [0, 0.1) is 6.92 Å². The lowest BCUT2D eigenvalue weighted by molar-refractivity contribution is -0.123. The quantitative estimate of drug-likeness (QED) is 0.540. The number of benzene rings is 3. The molecule has 0 fully saturated rings. The van der Waals surface area contributed by atoms with Gasteiger partial charge in [-0.2, -0.15) is 0 Å². The second-order valence-electron chi connectivity index (χ2n) is 8.49. The standard InChI is InChI=1S/C26H26N2O6S/c1-18-13-21(35(30,31)28-12-4-6-20-5-2-3-7-22(20)28)9-11-23(18)32-16-26(29)27-15-19-8-10-24-25(14-19)34-17-33-24/h2-3,5,7-11,13-14H,4,6,12,15-17H2,1H3,(H,27,29). The van der Waals surface area contributed by atoms with Crippen LogP contribution in [0.3, 0.4) is 0 Å². The van der Waals surface area contributed by atoms with Crippen molar-refractivity contribution in [3.8, 4) is 17.2 Å². The molecule has 0 aromatic heterocycles. The Bertz CT molecular complexity index is 1370. The molecule has 3 aromatic carbocycles. The fourth-order valence-electron chi connectivity index (χ4n) is 4.27. The van der Waals surface area contributed by atoms with E-state index in [1.165, 1.54) is 10.4 Å². The Morgan fingerprint density at radius 2 is 1.89 bits per heavy atom. The zero-order valence-corrected chi connectivity index (χ0v) is 20.1. The Kier molecular flexibility index (Phi) is 6.25. The van der Waals surface area contributed by atoms with Gasteiger partial charge in [-0.1, -0.05) is 24.3 Å². The normalized spacial score (nSPS) is 14.4. The first kappa shape index (κ1) is 23.0. The first-order valence-corrected chi connectivity index (χ1v) is 12.9. The van der Waals surface area contributed by atoms with Crippen LogP contribution in [0.15, 0.2) is 65.6 Å². The number of aryl methyl sites for hydroxylation is 2. The Hall–Kier alpha value is -3.72. The third-order valence-electron chi connectivity index (χ3n) is 6.09. The average Bonchev–Trinajstić information content (AvgIpc) is 3.34. The predicted octanol–water partition coefficient (Wildman–Crippen LogP) is 3.56. The van der Waals surface area contributed by atoms with Crippen molar-refractivity contribution in [3.05, 3.63) is 77.4 Å². The lowest BCUT2D eigenvalue weighted by Crippen LogP contribution is -2.35. The number of hydrogen-bond donors (Lipinski definition) is 1. The molecule has 1 amide bonds. The highest BCUT2D eigenvalue weighted by Crippen LogP contribution is 2.34. The van der Waals surface area contributed by atoms with Crippen molar-refractivity contribution in [2.75, 3.05) is 24.2 Å². The zero-order chi connectivity index (χ0) is 24.4. The summed E-state index contributed by atoms with van der Waals surface area (Å²) in [5.41, 5.74) is 3.29. The molecule has 3 aromatic rings. The molecule has 0 saturated heterocycles. The van der Waals surface area contributed by atoms with Crippen molar-refractivity contribution in [1.82, 2.24) is 5.32 Å². The van der Waals surface area contributed by atoms with Gasteiger partial charge in [0.1, 0.15) is 5.75 Å². The van der Waals surface area contributed by atoms with Gasteiger partial charge in [0.25, 0.3) is 15.9 Å². The highest BCUT2D eigenvalue weighted by atomic mass is 32.2. The monoisotopic (exact) mass is 494 g/mol. The number of carbonyl (C=O) groups excluding carboxylic acids is 1. The highest BCUT2D eigenvalue weighted by Gasteiger charge is 2.29. The maximum atomic E-state index is 13.4. The van der Waals surface area contributed by atoms with Crippen molar-refractivity contribution in [1.29, 1.82) is 0 Å². The number of anilines is 1. The van der Waals surface area contributed by atoms with E-state index in [0.717, 1.165) is 29.7 Å². The Morgan fingerprint density at radius 3 is 2.74 bits per heavy atom. The predicted molar refractivity (Wildman–Crippen MR) is 130 cm³/mol. The minimum atomic E-state index is -3.71. The van der Waals surface area contributed by atoms with Gasteiger partial charge in [0, 0.05) is 13.1 Å². The molecule has 5 rings (SSSR count). The molecule has 0 radical (unpaired) electrons. The molecule has 0 bridgehead atoms. The van der Waals surface area contributed by atoms with Crippen molar-refractivity contribution >= 4 is 21.6 Å². The minimum absolute atomic E-state index is 0.184. The van der Waals surface area contributed by atoms with E-state index in [-0.39, 0.29) is 24.2 Å². The molecular weight excluding hydrogens is 468 g/mol. The Balaban J connectivity index is 1.21. The summed E-state index contributed by atoms with van der Waals surface area (Å²) >= 11 is 0. The van der Waals surface area contributed by atoms with Crippen LogP contribution in [-0.2, 0) is 27.8 Å². The van der Waals surface area contributed by atoms with Gasteiger partial charge in [0.15, 0.2) is 18.1 Å². The number of hydrogen-bond acceptors (Lipinski definition) is 6. The first-order valence-electron chi connectivity index (χ1n) is 11.4. The van der Waals surface area contributed by atoms with Gasteiger partial charge < -0.3 is 19.5 Å². The van der Waals surface area contributed by atoms with Crippen LogP contribution in [0.1, 0.15) is 23.1 Å². The molecular formula is C26H26N2O6S. The lowest BCUT2D eigenvalue weighted by Gasteiger charge is -2.30. The van der Waals surface area contributed by atoms with E-state index in [4.69, 9.17) is 14.2 Å². The van der Waals surface area contributed by atoms with Gasteiger partial charge in [-0.15, -0.1) is 0 Å². The summed E-state index contributed by atoms with van der Waals surface area (Å²) in [6.07, 6.45) is 1.64. The third-order valence-corrected chi connectivity index (χ3v) is 7.90. The van der Waals surface area contributed by atoms with E-state index < -0.39 is 10.0 Å². The minimum Gasteiger partial charge on any atom is -0.484 e. The van der Waals surface area contributed by atoms with E-state index in [0.29, 0.717) is 35.9 Å². The summed E-state index contributed by atoms with van der Waals surface area (Å²) in [6.45, 7) is 2.55. The van der Waals surface area contributed by atoms with Gasteiger partial charge >= 0.3 is 0 Å². The molecule has 1 N–H and O–H groups in total. The lowest BCUT2D eigenvalue weighted by atomic mass is 10.0. The summed E-state index contributed by atoms with van der Waals surface area (Å²) in [5.74, 6) is 1.52. The number of ether oxygens (including phenoxy) is 3. The van der Waals surface area contributed by atoms with Gasteiger partial charge in [0.05, 0.1) is 10.6 Å². The van der Waals surface area contributed by atoms with Crippen LogP contribution >= 0.6 is 0 Å². The van der Waals surface area contributed by atoms with Crippen molar-refractivity contribution in [2.24, 2.45) is 0 Å². The maximum absolute atomic E-state index is 13.4. The number of nitrogens with zero attached hydrogens (tertiary/aromatic N) is 1. The third kappa shape index (κ3) is 4.77. The highest BCUT2D eigenvalue weighted by molar-refractivity contribution is 7.92. The van der Waals surface area contributed by atoms with Crippen LogP contribution in [-0.4, -0.2) is 34.3 Å². The zero-order valence-electron chi connectivity index (χ0n) is 19.3. The fourth-order valence-corrected chi connectivity index (χ4v) is 5.89. The smallest absolute Gasteiger partial charge is 0.264 e. The Labute approximate surface area is 204 Å². The van der Waals surface area contributed by atoms with E-state index in [1.807, 2.05) is 42.5 Å². The summed E-state index contributed by atoms with van der Waals surface area (Å²) < 4.78 is 44.5. The molecule has 0 atom stereocenters. The molecule has 2 aliphatic heterocycles. The van der Waals surface area contributed by atoms with Crippen molar-refractivity contribution in [2.45, 2.75) is 31.2 Å². The van der Waals surface area contributed by atoms with Gasteiger partial charge in [-0.3, -0.25) is 9.10 Å². The second kappa shape index (κ2) is 9.50. The molecule has 182 valence electrons. The average molecular weight is 495 g/mol. The summed E-state index contributed by atoms with van der Waals surface area (Å²) in [4.78, 5) is 12.5. The largest absolute Gasteiger partial charge is 0.484 e. The van der Waals surface area contributed by atoms with Crippen LogP contribution in [0.25, 0.3) is 0 Å². The molecule has 0 saturated carbocycles. The number of carbonyl (C=O) groups is 1. The molecule has 0 spiro atoms. The number of para-hydroxylation sites is 1. The number of fused-ring (bicyclic) bond motifs is 2. The van der Waals surface area contributed by atoms with Crippen LogP contribution in [0.2, 0.25) is 0 Å². The van der Waals surface area contributed by atoms with E-state index >= 15 is 0 Å². The van der Waals surface area contributed by atoms with Crippen LogP contribution < -0.4 is 23.8 Å². The number of amides is 1. The SMILES string of the molecule is Cc1cc(S(=O)(=O)N2CCCc3ccccc32)ccc1OCC(=O)NCc1ccc2c(c1)OCO2. The molecule has 9 heteroatoms. The molecule has 2 aliphatic rings. The summed E-state index contributed by atoms with van der Waals surface area (Å²) in [5, 5.41) is 2.81. The summed E-state index contributed by atoms with van der Waals surface area (Å²) in [6, 6.07) is 17.8. The molecule has 8 nitrogen and oxygen atoms in total. The van der Waals surface area contributed by atoms with Gasteiger partial charge in [0.2, 0.25) is 6.79 Å². The molecule has 0 aliphatic carbocycles. The van der Waals surface area contributed by atoms with Crippen molar-refractivity contribution in [3.63, 3.8) is 0 Å². The van der Waals surface area contributed by atoms with Gasteiger partial charge in [-0.25, -0.2) is 8.42 Å². The first-order chi connectivity index (χ1) is 16.9. The molecule has 2 heterocycles. The van der Waals surface area contributed by atoms with E-state index in [2.05, 4.69) is 5.32 Å². The van der Waals surface area contributed by atoms with Crippen molar-refractivity contribution < 1.29 is 27.4 Å². The molecule has 0 unspecified atom stereocenters. The topological polar surface area (TPSA) is 94.2 Å². The number of nitrogens with one attached hydrogen (secondary N) is 1. The van der Waals surface area contributed by atoms with Crippen LogP contribution in [0.5, 0.6) is 17.2 Å². The van der Waals surface area contributed by atoms with Crippen LogP contribution in [0.4, 0.5) is 5.69 Å². The van der Waals surface area contributed by atoms with E-state index in [9.17, 15) is 13.2 Å². The fraction of sp³-hybridized carbons (Fsp3) is 0.269. The Morgan fingerprint density at radius 1 is 1.06 bits per heavy atom. The maximum Gasteiger partial charge on any atom is 0.264 e. The van der Waals surface area contributed by atoms with E-state index in [1.54, 1.807) is 19.1 Å². The van der Waals surface area contributed by atoms with Gasteiger partial charge in [-0.05, 0) is 72.9 Å². The second-order valence-corrected chi connectivity index (χ2v) is 10.4. The molecule has 35 heavy (non-hydrogen) atoms. The number of sulfonamides is 1. The summed E-state index contributed by atoms with van der Waals surface area (Å²) in [7, 11) is -3.71.